The quantitative estimate of drug-likeness (QED) is 0.365. The number of benzene rings is 2. The number of fused-ring (bicyclic) bond motifs is 2. The molecule has 2 heterocycles. The van der Waals surface area contributed by atoms with Gasteiger partial charge in [0.05, 0.1) is 21.2 Å². The van der Waals surface area contributed by atoms with Crippen LogP contribution in [0, 0.1) is 0 Å². The molecule has 0 fully saturated rings. The number of para-hydroxylation sites is 1. The zero-order chi connectivity index (χ0) is 21.6. The van der Waals surface area contributed by atoms with Crippen molar-refractivity contribution in [1.29, 1.82) is 0 Å². The summed E-state index contributed by atoms with van der Waals surface area (Å²) in [6.45, 7) is 0.803. The molecule has 0 spiro atoms. The molecule has 152 valence electrons. The molecule has 1 aliphatic heterocycles. The molecule has 1 aromatic heterocycles. The van der Waals surface area contributed by atoms with E-state index < -0.39 is 36.2 Å². The van der Waals surface area contributed by atoms with Gasteiger partial charge in [0.25, 0.3) is 11.8 Å². The van der Waals surface area contributed by atoms with Crippen molar-refractivity contribution in [2.45, 2.75) is 13.0 Å². The summed E-state index contributed by atoms with van der Waals surface area (Å²) in [5, 5.41) is 0.956. The van der Waals surface area contributed by atoms with Gasteiger partial charge >= 0.3 is 5.97 Å². The molecule has 0 saturated carbocycles. The summed E-state index contributed by atoms with van der Waals surface area (Å²) in [6.07, 6.45) is 0.449. The van der Waals surface area contributed by atoms with Crippen LogP contribution >= 0.6 is 23.2 Å². The number of rotatable bonds is 5. The number of ether oxygens (including phenoxy) is 1. The predicted octanol–water partition coefficient (Wildman–Crippen LogP) is 3.89. The number of imide groups is 1. The van der Waals surface area contributed by atoms with E-state index in [-0.39, 0.29) is 21.2 Å². The molecule has 0 bridgehead atoms. The standard InChI is InChI=1S/C21H14Cl2N2O5/c1-10(19(27)14-8-24-17-5-3-2-4-11(14)17)30-18(26)9-25-20(28)12-6-15(22)16(23)7-13(12)21(25)29/h2-8,10,24H,9H2,1H3. The molecule has 3 aromatic rings. The fraction of sp³-hybridized carbons (Fsp3) is 0.143. The van der Waals surface area contributed by atoms with E-state index in [2.05, 4.69) is 4.98 Å². The van der Waals surface area contributed by atoms with E-state index >= 15 is 0 Å². The summed E-state index contributed by atoms with van der Waals surface area (Å²) >= 11 is 11.8. The summed E-state index contributed by atoms with van der Waals surface area (Å²) < 4.78 is 5.19. The lowest BCUT2D eigenvalue weighted by atomic mass is 10.1. The molecule has 2 aromatic carbocycles. The molecular formula is C21H14Cl2N2O5. The van der Waals surface area contributed by atoms with Gasteiger partial charge < -0.3 is 9.72 Å². The van der Waals surface area contributed by atoms with E-state index in [0.29, 0.717) is 10.9 Å². The third kappa shape index (κ3) is 3.36. The smallest absolute Gasteiger partial charge is 0.326 e. The lowest BCUT2D eigenvalue weighted by molar-refractivity contribution is -0.146. The van der Waals surface area contributed by atoms with Crippen molar-refractivity contribution in [3.8, 4) is 0 Å². The molecule has 7 nitrogen and oxygen atoms in total. The van der Waals surface area contributed by atoms with Gasteiger partial charge in [-0.1, -0.05) is 41.4 Å². The van der Waals surface area contributed by atoms with Crippen molar-refractivity contribution >= 4 is 57.7 Å². The topological polar surface area (TPSA) is 96.5 Å². The molecule has 0 saturated heterocycles. The number of halogens is 2. The maximum absolute atomic E-state index is 12.7. The Labute approximate surface area is 180 Å². The molecule has 1 N–H and O–H groups in total. The Morgan fingerprint density at radius 1 is 1.07 bits per heavy atom. The summed E-state index contributed by atoms with van der Waals surface area (Å²) in [4.78, 5) is 53.7. The van der Waals surface area contributed by atoms with E-state index in [1.807, 2.05) is 12.1 Å². The highest BCUT2D eigenvalue weighted by molar-refractivity contribution is 6.43. The van der Waals surface area contributed by atoms with Crippen LogP contribution in [0.5, 0.6) is 0 Å². The first-order valence-electron chi connectivity index (χ1n) is 8.93. The van der Waals surface area contributed by atoms with Crippen LogP contribution in [-0.2, 0) is 9.53 Å². The van der Waals surface area contributed by atoms with Gasteiger partial charge in [-0.25, -0.2) is 0 Å². The van der Waals surface area contributed by atoms with E-state index in [4.69, 9.17) is 27.9 Å². The third-order valence-electron chi connectivity index (χ3n) is 4.83. The van der Waals surface area contributed by atoms with Gasteiger partial charge in [-0.05, 0) is 25.1 Å². The van der Waals surface area contributed by atoms with Crippen LogP contribution in [0.15, 0.2) is 42.6 Å². The highest BCUT2D eigenvalue weighted by Gasteiger charge is 2.38. The summed E-state index contributed by atoms with van der Waals surface area (Å²) in [6, 6.07) is 9.80. The number of esters is 1. The summed E-state index contributed by atoms with van der Waals surface area (Å²) in [5.74, 6) is -2.65. The minimum absolute atomic E-state index is 0.0603. The lowest BCUT2D eigenvalue weighted by Crippen LogP contribution is -2.37. The number of carbonyl (C=O) groups excluding carboxylic acids is 4. The molecule has 30 heavy (non-hydrogen) atoms. The highest BCUT2D eigenvalue weighted by Crippen LogP contribution is 2.31. The number of amides is 2. The van der Waals surface area contributed by atoms with Gasteiger partial charge in [0.2, 0.25) is 5.78 Å². The predicted molar refractivity (Wildman–Crippen MR) is 110 cm³/mol. The van der Waals surface area contributed by atoms with Gasteiger partial charge in [-0.3, -0.25) is 24.1 Å². The number of ketones is 1. The second-order valence-electron chi connectivity index (χ2n) is 6.75. The average molecular weight is 445 g/mol. The normalized spacial score (nSPS) is 14.2. The Bertz CT molecular complexity index is 1190. The van der Waals surface area contributed by atoms with Crippen LogP contribution < -0.4 is 0 Å². The Balaban J connectivity index is 1.46. The molecular weight excluding hydrogens is 431 g/mol. The number of carbonyl (C=O) groups is 4. The van der Waals surface area contributed by atoms with Crippen molar-refractivity contribution in [1.82, 2.24) is 9.88 Å². The number of hydrogen-bond donors (Lipinski definition) is 1. The first-order chi connectivity index (χ1) is 14.3. The van der Waals surface area contributed by atoms with Crippen LogP contribution in [0.25, 0.3) is 10.9 Å². The van der Waals surface area contributed by atoms with Crippen molar-refractivity contribution in [3.63, 3.8) is 0 Å². The Hall–Kier alpha value is -3.16. The lowest BCUT2D eigenvalue weighted by Gasteiger charge is -2.16. The number of hydrogen-bond acceptors (Lipinski definition) is 5. The van der Waals surface area contributed by atoms with Crippen molar-refractivity contribution in [2.75, 3.05) is 6.54 Å². The van der Waals surface area contributed by atoms with Crippen molar-refractivity contribution in [3.05, 3.63) is 69.3 Å². The molecule has 4 rings (SSSR count). The number of H-pyrrole nitrogens is 1. The highest BCUT2D eigenvalue weighted by atomic mass is 35.5. The number of Topliss-reactive ketones (excluding diaryl/α,β-unsaturated/α-hetero) is 1. The molecule has 1 unspecified atom stereocenters. The van der Waals surface area contributed by atoms with E-state index in [9.17, 15) is 19.2 Å². The van der Waals surface area contributed by atoms with Crippen LogP contribution in [0.2, 0.25) is 10.0 Å². The monoisotopic (exact) mass is 444 g/mol. The van der Waals surface area contributed by atoms with Gasteiger partial charge in [-0.15, -0.1) is 0 Å². The first-order valence-corrected chi connectivity index (χ1v) is 9.68. The maximum atomic E-state index is 12.7. The van der Waals surface area contributed by atoms with Crippen LogP contribution in [0.3, 0.4) is 0 Å². The van der Waals surface area contributed by atoms with Gasteiger partial charge in [0.1, 0.15) is 6.54 Å². The Kier molecular flexibility index (Phi) is 5.09. The Morgan fingerprint density at radius 3 is 2.30 bits per heavy atom. The zero-order valence-corrected chi connectivity index (χ0v) is 17.1. The molecule has 1 atom stereocenters. The third-order valence-corrected chi connectivity index (χ3v) is 5.55. The van der Waals surface area contributed by atoms with E-state index in [0.717, 1.165) is 10.4 Å². The van der Waals surface area contributed by atoms with Crippen LogP contribution in [-0.4, -0.2) is 46.1 Å². The van der Waals surface area contributed by atoms with Gasteiger partial charge in [0, 0.05) is 22.7 Å². The minimum atomic E-state index is -1.10. The maximum Gasteiger partial charge on any atom is 0.326 e. The number of nitrogens with zero attached hydrogens (tertiary/aromatic N) is 1. The minimum Gasteiger partial charge on any atom is -0.453 e. The summed E-state index contributed by atoms with van der Waals surface area (Å²) in [5.41, 5.74) is 1.29. The van der Waals surface area contributed by atoms with Gasteiger partial charge in [-0.2, -0.15) is 0 Å². The second-order valence-corrected chi connectivity index (χ2v) is 7.57. The van der Waals surface area contributed by atoms with Gasteiger partial charge in [0.15, 0.2) is 6.10 Å². The zero-order valence-electron chi connectivity index (χ0n) is 15.6. The molecule has 0 aliphatic carbocycles. The van der Waals surface area contributed by atoms with Crippen molar-refractivity contribution < 1.29 is 23.9 Å². The van der Waals surface area contributed by atoms with Crippen molar-refractivity contribution in [2.24, 2.45) is 0 Å². The van der Waals surface area contributed by atoms with E-state index in [1.165, 1.54) is 19.1 Å². The second kappa shape index (κ2) is 7.59. The SMILES string of the molecule is CC(OC(=O)CN1C(=O)c2cc(Cl)c(Cl)cc2C1=O)C(=O)c1c[nH]c2ccccc12. The first kappa shape index (κ1) is 20.1. The van der Waals surface area contributed by atoms with Crippen LogP contribution in [0.1, 0.15) is 38.0 Å². The number of aromatic amines is 1. The largest absolute Gasteiger partial charge is 0.453 e. The molecule has 9 heteroatoms. The summed E-state index contributed by atoms with van der Waals surface area (Å²) in [7, 11) is 0. The molecule has 1 aliphatic rings. The fourth-order valence-electron chi connectivity index (χ4n) is 3.34. The van der Waals surface area contributed by atoms with Crippen LogP contribution in [0.4, 0.5) is 0 Å². The fourth-order valence-corrected chi connectivity index (χ4v) is 3.67. The molecule has 2 amide bonds. The number of aromatic nitrogens is 1. The number of nitrogens with one attached hydrogen (secondary N) is 1. The molecule has 0 radical (unpaired) electrons. The Morgan fingerprint density at radius 2 is 1.67 bits per heavy atom. The average Bonchev–Trinajstić information content (AvgIpc) is 3.24. The van der Waals surface area contributed by atoms with E-state index in [1.54, 1.807) is 18.3 Å².